The summed E-state index contributed by atoms with van der Waals surface area (Å²) in [7, 11) is 1.87. The number of benzene rings is 3. The first-order valence-corrected chi connectivity index (χ1v) is 9.23. The molecule has 0 fully saturated rings. The summed E-state index contributed by atoms with van der Waals surface area (Å²) in [6.45, 7) is 0.640. The maximum absolute atomic E-state index is 12.5. The van der Waals surface area contributed by atoms with Gasteiger partial charge in [-0.05, 0) is 40.3 Å². The number of amides is 1. The minimum atomic E-state index is 0.138. The van der Waals surface area contributed by atoms with E-state index in [0.717, 1.165) is 11.1 Å². The Hall–Kier alpha value is -2.26. The number of hydrogen-bond donors (Lipinski definition) is 0. The molecule has 122 valence electrons. The zero-order valence-corrected chi connectivity index (χ0v) is 14.8. The van der Waals surface area contributed by atoms with E-state index in [9.17, 15) is 4.79 Å². The average Bonchev–Trinajstić information content (AvgIpc) is 2.62. The summed E-state index contributed by atoms with van der Waals surface area (Å²) < 4.78 is 0. The lowest BCUT2D eigenvalue weighted by molar-refractivity contribution is -0.129. The molecule has 0 aliphatic rings. The third-order valence-electron chi connectivity index (χ3n) is 4.17. The van der Waals surface area contributed by atoms with Gasteiger partial charge in [0.25, 0.3) is 0 Å². The Labute approximate surface area is 147 Å². The Morgan fingerprint density at radius 3 is 2.29 bits per heavy atom. The van der Waals surface area contributed by atoms with Crippen molar-refractivity contribution in [1.82, 2.24) is 4.90 Å². The Bertz CT molecular complexity index is 842. The van der Waals surface area contributed by atoms with Gasteiger partial charge in [-0.3, -0.25) is 4.79 Å². The van der Waals surface area contributed by atoms with Crippen LogP contribution in [-0.4, -0.2) is 24.1 Å². The highest BCUT2D eigenvalue weighted by molar-refractivity contribution is 7.98. The second-order valence-electron chi connectivity index (χ2n) is 5.96. The molecule has 1 amide bonds. The van der Waals surface area contributed by atoms with Crippen molar-refractivity contribution in [2.45, 2.75) is 17.9 Å². The van der Waals surface area contributed by atoms with Gasteiger partial charge in [0, 0.05) is 18.5 Å². The monoisotopic (exact) mass is 335 g/mol. The average molecular weight is 335 g/mol. The minimum Gasteiger partial charge on any atom is -0.341 e. The summed E-state index contributed by atoms with van der Waals surface area (Å²) in [5, 5.41) is 2.38. The van der Waals surface area contributed by atoms with Crippen molar-refractivity contribution in [2.24, 2.45) is 0 Å². The topological polar surface area (TPSA) is 20.3 Å². The second-order valence-corrected chi connectivity index (χ2v) is 6.84. The maximum Gasteiger partial charge on any atom is 0.227 e. The van der Waals surface area contributed by atoms with Crippen LogP contribution in [-0.2, 0) is 17.8 Å². The van der Waals surface area contributed by atoms with E-state index in [0.29, 0.717) is 13.0 Å². The van der Waals surface area contributed by atoms with Crippen molar-refractivity contribution >= 4 is 28.4 Å². The molecule has 3 aromatic carbocycles. The highest BCUT2D eigenvalue weighted by Crippen LogP contribution is 2.18. The molecule has 0 unspecified atom stereocenters. The minimum absolute atomic E-state index is 0.138. The van der Waals surface area contributed by atoms with Crippen LogP contribution in [0.1, 0.15) is 11.1 Å². The Balaban J connectivity index is 1.66. The Morgan fingerprint density at radius 1 is 0.917 bits per heavy atom. The van der Waals surface area contributed by atoms with Gasteiger partial charge in [-0.1, -0.05) is 54.6 Å². The van der Waals surface area contributed by atoms with Gasteiger partial charge in [-0.15, -0.1) is 11.8 Å². The molecule has 0 heterocycles. The lowest BCUT2D eigenvalue weighted by atomic mass is 10.0. The molecule has 3 aromatic rings. The molecule has 24 heavy (non-hydrogen) atoms. The molecule has 0 aliphatic carbocycles. The Morgan fingerprint density at radius 2 is 1.58 bits per heavy atom. The third kappa shape index (κ3) is 3.98. The summed E-state index contributed by atoms with van der Waals surface area (Å²) in [6.07, 6.45) is 2.50. The third-order valence-corrected chi connectivity index (χ3v) is 4.92. The molecule has 0 bridgehead atoms. The fourth-order valence-corrected chi connectivity index (χ4v) is 3.16. The molecule has 0 aromatic heterocycles. The summed E-state index contributed by atoms with van der Waals surface area (Å²) in [5.74, 6) is 0.138. The lowest BCUT2D eigenvalue weighted by Crippen LogP contribution is -2.27. The zero-order valence-electron chi connectivity index (χ0n) is 14.0. The van der Waals surface area contributed by atoms with Crippen molar-refractivity contribution in [3.8, 4) is 0 Å². The van der Waals surface area contributed by atoms with E-state index in [1.807, 2.05) is 25.2 Å². The van der Waals surface area contributed by atoms with Crippen LogP contribution >= 0.6 is 11.8 Å². The molecule has 3 heteroatoms. The standard InChI is InChI=1S/C21H21NOS/c1-22(15-16-8-11-20(24-2)12-9-16)21(23)14-17-7-10-18-5-3-4-6-19(18)13-17/h3-13H,14-15H2,1-2H3. The Kier molecular flexibility index (Phi) is 5.21. The van der Waals surface area contributed by atoms with E-state index < -0.39 is 0 Å². The summed E-state index contributed by atoms with van der Waals surface area (Å²) in [4.78, 5) is 15.5. The molecule has 0 aliphatic heterocycles. The van der Waals surface area contributed by atoms with Gasteiger partial charge in [-0.2, -0.15) is 0 Å². The van der Waals surface area contributed by atoms with Gasteiger partial charge in [-0.25, -0.2) is 0 Å². The van der Waals surface area contributed by atoms with E-state index in [1.165, 1.54) is 15.7 Å². The van der Waals surface area contributed by atoms with Crippen LogP contribution in [0.4, 0.5) is 0 Å². The summed E-state index contributed by atoms with van der Waals surface area (Å²) in [6, 6.07) is 22.8. The van der Waals surface area contributed by atoms with E-state index in [2.05, 4.69) is 54.8 Å². The van der Waals surface area contributed by atoms with Crippen molar-refractivity contribution in [2.75, 3.05) is 13.3 Å². The number of carbonyl (C=O) groups excluding carboxylic acids is 1. The van der Waals surface area contributed by atoms with Gasteiger partial charge in [0.05, 0.1) is 6.42 Å². The van der Waals surface area contributed by atoms with Gasteiger partial charge in [0.15, 0.2) is 0 Å². The smallest absolute Gasteiger partial charge is 0.227 e. The predicted octanol–water partition coefficient (Wildman–Crippen LogP) is 4.76. The highest BCUT2D eigenvalue weighted by atomic mass is 32.2. The molecule has 0 atom stereocenters. The molecular weight excluding hydrogens is 314 g/mol. The van der Waals surface area contributed by atoms with Crippen molar-refractivity contribution in [3.05, 3.63) is 77.9 Å². The fraction of sp³-hybridized carbons (Fsp3) is 0.190. The molecule has 0 saturated carbocycles. The molecule has 0 N–H and O–H groups in total. The summed E-state index contributed by atoms with van der Waals surface area (Å²) >= 11 is 1.72. The SMILES string of the molecule is CSc1ccc(CN(C)C(=O)Cc2ccc3ccccc3c2)cc1. The molecule has 0 saturated heterocycles. The van der Waals surface area contributed by atoms with E-state index in [4.69, 9.17) is 0 Å². The number of thioether (sulfide) groups is 1. The van der Waals surface area contributed by atoms with E-state index in [-0.39, 0.29) is 5.91 Å². The molecule has 0 spiro atoms. The molecule has 3 rings (SSSR count). The van der Waals surface area contributed by atoms with E-state index in [1.54, 1.807) is 16.7 Å². The molecular formula is C21H21NOS. The number of nitrogens with zero attached hydrogens (tertiary/aromatic N) is 1. The summed E-state index contributed by atoms with van der Waals surface area (Å²) in [5.41, 5.74) is 2.21. The van der Waals surface area contributed by atoms with Crippen LogP contribution in [0, 0.1) is 0 Å². The maximum atomic E-state index is 12.5. The van der Waals surface area contributed by atoms with Gasteiger partial charge in [0.2, 0.25) is 5.91 Å². The second kappa shape index (κ2) is 7.54. The van der Waals surface area contributed by atoms with Gasteiger partial charge >= 0.3 is 0 Å². The lowest BCUT2D eigenvalue weighted by Gasteiger charge is -2.17. The predicted molar refractivity (Wildman–Crippen MR) is 102 cm³/mol. The number of rotatable bonds is 5. The quantitative estimate of drug-likeness (QED) is 0.626. The molecule has 0 radical (unpaired) electrons. The largest absolute Gasteiger partial charge is 0.341 e. The highest BCUT2D eigenvalue weighted by Gasteiger charge is 2.10. The van der Waals surface area contributed by atoms with Gasteiger partial charge in [0.1, 0.15) is 0 Å². The van der Waals surface area contributed by atoms with Crippen LogP contribution in [0.15, 0.2) is 71.6 Å². The van der Waals surface area contributed by atoms with Crippen molar-refractivity contribution in [1.29, 1.82) is 0 Å². The van der Waals surface area contributed by atoms with Crippen LogP contribution < -0.4 is 0 Å². The van der Waals surface area contributed by atoms with Crippen molar-refractivity contribution in [3.63, 3.8) is 0 Å². The first kappa shape index (κ1) is 16.6. The van der Waals surface area contributed by atoms with Crippen LogP contribution in [0.5, 0.6) is 0 Å². The normalized spacial score (nSPS) is 10.8. The first-order chi connectivity index (χ1) is 11.7. The van der Waals surface area contributed by atoms with E-state index >= 15 is 0 Å². The number of carbonyl (C=O) groups is 1. The zero-order chi connectivity index (χ0) is 16.9. The van der Waals surface area contributed by atoms with Crippen LogP contribution in [0.2, 0.25) is 0 Å². The van der Waals surface area contributed by atoms with Crippen molar-refractivity contribution < 1.29 is 4.79 Å². The molecule has 2 nitrogen and oxygen atoms in total. The first-order valence-electron chi connectivity index (χ1n) is 8.00. The number of fused-ring (bicyclic) bond motifs is 1. The number of likely N-dealkylation sites (N-methyl/N-ethyl adjacent to an activating group) is 1. The van der Waals surface area contributed by atoms with Crippen LogP contribution in [0.3, 0.4) is 0 Å². The van der Waals surface area contributed by atoms with Crippen LogP contribution in [0.25, 0.3) is 10.8 Å². The van der Waals surface area contributed by atoms with Gasteiger partial charge < -0.3 is 4.90 Å². The number of hydrogen-bond acceptors (Lipinski definition) is 2. The fourth-order valence-electron chi connectivity index (χ4n) is 2.75.